The van der Waals surface area contributed by atoms with Gasteiger partial charge in [0.2, 0.25) is 0 Å². The van der Waals surface area contributed by atoms with Gasteiger partial charge in [-0.25, -0.2) is 0 Å². The Labute approximate surface area is 90.7 Å². The summed E-state index contributed by atoms with van der Waals surface area (Å²) in [6.07, 6.45) is 2.54. The minimum atomic E-state index is 0.301. The molecule has 1 saturated heterocycles. The number of hydrogen-bond acceptors (Lipinski definition) is 5. The van der Waals surface area contributed by atoms with Crippen LogP contribution in [0.4, 0.5) is 0 Å². The van der Waals surface area contributed by atoms with E-state index in [0.717, 1.165) is 25.9 Å². The standard InChI is InChI=1S/C10H20N4O/c1-8-5-14(12-11-8)10-4-3-9(7-15)6-13(10)2/h8-10,15H,3-7H2,1-2H3. The topological polar surface area (TPSA) is 51.4 Å². The molecule has 0 saturated carbocycles. The average Bonchev–Trinajstić information content (AvgIpc) is 2.64. The molecular weight excluding hydrogens is 192 g/mol. The van der Waals surface area contributed by atoms with Gasteiger partial charge in [-0.3, -0.25) is 9.91 Å². The third-order valence-electron chi connectivity index (χ3n) is 3.31. The molecule has 0 aromatic rings. The molecule has 15 heavy (non-hydrogen) atoms. The quantitative estimate of drug-likeness (QED) is 0.733. The fourth-order valence-corrected chi connectivity index (χ4v) is 2.43. The largest absolute Gasteiger partial charge is 0.396 e. The van der Waals surface area contributed by atoms with E-state index >= 15 is 0 Å². The summed E-state index contributed by atoms with van der Waals surface area (Å²) in [5, 5.41) is 19.5. The van der Waals surface area contributed by atoms with Gasteiger partial charge >= 0.3 is 0 Å². The van der Waals surface area contributed by atoms with E-state index in [4.69, 9.17) is 5.11 Å². The number of aliphatic hydroxyl groups is 1. The van der Waals surface area contributed by atoms with Crippen molar-refractivity contribution in [3.8, 4) is 0 Å². The van der Waals surface area contributed by atoms with Gasteiger partial charge in [-0.05, 0) is 32.7 Å². The Morgan fingerprint density at radius 3 is 2.67 bits per heavy atom. The van der Waals surface area contributed by atoms with Gasteiger partial charge in [0.25, 0.3) is 0 Å². The lowest BCUT2D eigenvalue weighted by Crippen LogP contribution is -2.49. The number of rotatable bonds is 2. The molecule has 2 aliphatic heterocycles. The maximum absolute atomic E-state index is 9.12. The van der Waals surface area contributed by atoms with Gasteiger partial charge < -0.3 is 5.11 Å². The smallest absolute Gasteiger partial charge is 0.100 e. The second kappa shape index (κ2) is 4.45. The molecular formula is C10H20N4O. The Hall–Kier alpha value is -0.680. The van der Waals surface area contributed by atoms with Crippen LogP contribution in [0, 0.1) is 5.92 Å². The number of aliphatic hydroxyl groups excluding tert-OH is 1. The van der Waals surface area contributed by atoms with Gasteiger partial charge in [-0.15, -0.1) is 0 Å². The van der Waals surface area contributed by atoms with Crippen molar-refractivity contribution in [1.82, 2.24) is 9.91 Å². The van der Waals surface area contributed by atoms with Gasteiger partial charge in [-0.2, -0.15) is 5.11 Å². The Balaban J connectivity index is 1.91. The second-order valence-corrected chi connectivity index (χ2v) is 4.72. The summed E-state index contributed by atoms with van der Waals surface area (Å²) in [4.78, 5) is 2.28. The summed E-state index contributed by atoms with van der Waals surface area (Å²) in [5.74, 6) is 0.434. The van der Waals surface area contributed by atoms with Crippen molar-refractivity contribution in [3.05, 3.63) is 0 Å². The number of likely N-dealkylation sites (tertiary alicyclic amines) is 1. The van der Waals surface area contributed by atoms with Crippen molar-refractivity contribution in [2.24, 2.45) is 16.3 Å². The second-order valence-electron chi connectivity index (χ2n) is 4.72. The molecule has 0 radical (unpaired) electrons. The highest BCUT2D eigenvalue weighted by Gasteiger charge is 2.31. The molecule has 3 atom stereocenters. The zero-order valence-corrected chi connectivity index (χ0v) is 9.50. The molecule has 0 aromatic carbocycles. The summed E-state index contributed by atoms with van der Waals surface area (Å²) >= 11 is 0. The highest BCUT2D eigenvalue weighted by atomic mass is 16.3. The first-order valence-electron chi connectivity index (χ1n) is 5.69. The zero-order chi connectivity index (χ0) is 10.8. The van der Waals surface area contributed by atoms with Crippen LogP contribution in [0.5, 0.6) is 0 Å². The molecule has 2 rings (SSSR count). The third-order valence-corrected chi connectivity index (χ3v) is 3.31. The minimum absolute atomic E-state index is 0.301. The molecule has 2 aliphatic rings. The lowest BCUT2D eigenvalue weighted by atomic mass is 9.97. The highest BCUT2D eigenvalue weighted by molar-refractivity contribution is 4.81. The lowest BCUT2D eigenvalue weighted by molar-refractivity contribution is 0.00550. The van der Waals surface area contributed by atoms with Crippen LogP contribution in [-0.2, 0) is 0 Å². The van der Waals surface area contributed by atoms with Crippen LogP contribution in [-0.4, -0.2) is 54.0 Å². The van der Waals surface area contributed by atoms with Crippen LogP contribution in [0.2, 0.25) is 0 Å². The minimum Gasteiger partial charge on any atom is -0.396 e. The van der Waals surface area contributed by atoms with E-state index in [0.29, 0.717) is 24.7 Å². The molecule has 5 heteroatoms. The Kier molecular flexibility index (Phi) is 3.21. The van der Waals surface area contributed by atoms with E-state index in [2.05, 4.69) is 34.2 Å². The van der Waals surface area contributed by atoms with Crippen molar-refractivity contribution in [3.63, 3.8) is 0 Å². The molecule has 0 bridgehead atoms. The van der Waals surface area contributed by atoms with Crippen molar-refractivity contribution >= 4 is 0 Å². The molecule has 0 amide bonds. The maximum atomic E-state index is 9.12. The molecule has 5 nitrogen and oxygen atoms in total. The summed E-state index contributed by atoms with van der Waals surface area (Å²) in [7, 11) is 2.10. The van der Waals surface area contributed by atoms with Gasteiger partial charge in [0.05, 0.1) is 12.6 Å². The van der Waals surface area contributed by atoms with E-state index in [1.165, 1.54) is 0 Å². The van der Waals surface area contributed by atoms with Crippen LogP contribution < -0.4 is 0 Å². The van der Waals surface area contributed by atoms with Gasteiger partial charge in [0, 0.05) is 13.2 Å². The van der Waals surface area contributed by atoms with Gasteiger partial charge in [0.15, 0.2) is 0 Å². The van der Waals surface area contributed by atoms with Gasteiger partial charge in [-0.1, -0.05) is 5.22 Å². The first kappa shape index (κ1) is 10.8. The molecule has 2 heterocycles. The van der Waals surface area contributed by atoms with Crippen LogP contribution in [0.25, 0.3) is 0 Å². The summed E-state index contributed by atoms with van der Waals surface area (Å²) in [6, 6.07) is 0.328. The summed E-state index contributed by atoms with van der Waals surface area (Å²) < 4.78 is 0. The first-order chi connectivity index (χ1) is 7.20. The van der Waals surface area contributed by atoms with Crippen LogP contribution in [0.1, 0.15) is 19.8 Å². The molecule has 0 spiro atoms. The van der Waals surface area contributed by atoms with Crippen LogP contribution >= 0.6 is 0 Å². The zero-order valence-electron chi connectivity index (χ0n) is 9.50. The predicted octanol–water partition coefficient (Wildman–Crippen LogP) is 0.718. The Morgan fingerprint density at radius 1 is 1.33 bits per heavy atom. The van der Waals surface area contributed by atoms with E-state index < -0.39 is 0 Å². The summed E-state index contributed by atoms with van der Waals surface area (Å²) in [6.45, 7) is 4.28. The Morgan fingerprint density at radius 2 is 2.13 bits per heavy atom. The summed E-state index contributed by atoms with van der Waals surface area (Å²) in [5.41, 5.74) is 0. The molecule has 1 N–H and O–H groups in total. The number of nitrogens with zero attached hydrogens (tertiary/aromatic N) is 4. The molecule has 3 unspecified atom stereocenters. The highest BCUT2D eigenvalue weighted by Crippen LogP contribution is 2.25. The van der Waals surface area contributed by atoms with E-state index in [-0.39, 0.29) is 0 Å². The molecule has 0 aliphatic carbocycles. The molecule has 86 valence electrons. The predicted molar refractivity (Wildman–Crippen MR) is 57.3 cm³/mol. The van der Waals surface area contributed by atoms with E-state index in [1.807, 2.05) is 0 Å². The molecule has 1 fully saturated rings. The molecule has 0 aromatic heterocycles. The SMILES string of the molecule is CC1CN(C2CCC(CO)CN2C)N=N1. The fourth-order valence-electron chi connectivity index (χ4n) is 2.43. The van der Waals surface area contributed by atoms with Gasteiger partial charge in [0.1, 0.15) is 6.17 Å². The monoisotopic (exact) mass is 212 g/mol. The van der Waals surface area contributed by atoms with Crippen LogP contribution in [0.3, 0.4) is 0 Å². The number of piperidine rings is 1. The number of hydrogen-bond donors (Lipinski definition) is 1. The fraction of sp³-hybridized carbons (Fsp3) is 1.00. The van der Waals surface area contributed by atoms with Crippen molar-refractivity contribution < 1.29 is 5.11 Å². The van der Waals surface area contributed by atoms with Crippen LogP contribution in [0.15, 0.2) is 10.3 Å². The average molecular weight is 212 g/mol. The maximum Gasteiger partial charge on any atom is 0.100 e. The Bertz CT molecular complexity index is 246. The van der Waals surface area contributed by atoms with Crippen molar-refractivity contribution in [1.29, 1.82) is 0 Å². The van der Waals surface area contributed by atoms with Crippen molar-refractivity contribution in [2.75, 3.05) is 26.7 Å². The lowest BCUT2D eigenvalue weighted by Gasteiger charge is -2.40. The van der Waals surface area contributed by atoms with E-state index in [1.54, 1.807) is 0 Å². The third kappa shape index (κ3) is 2.29. The normalized spacial score (nSPS) is 37.5. The first-order valence-corrected chi connectivity index (χ1v) is 5.69. The van der Waals surface area contributed by atoms with E-state index in [9.17, 15) is 0 Å². The van der Waals surface area contributed by atoms with Crippen molar-refractivity contribution in [2.45, 2.75) is 32.0 Å².